The smallest absolute Gasteiger partial charge is 0.347 e. The number of nitrogens with zero attached hydrogens (tertiary/aromatic N) is 2. The van der Waals surface area contributed by atoms with Crippen molar-refractivity contribution in [2.45, 2.75) is 19.8 Å². The second kappa shape index (κ2) is 5.16. The molecule has 6 heteroatoms. The average Bonchev–Trinajstić information content (AvgIpc) is 2.95. The largest absolute Gasteiger partial charge is 0.477 e. The molecule has 1 N–H and O–H groups in total. The topological polar surface area (TPSA) is 54.6 Å². The number of hydrogen-bond acceptors (Lipinski definition) is 3. The summed E-state index contributed by atoms with van der Waals surface area (Å²) >= 11 is 7.10. The van der Waals surface area contributed by atoms with Gasteiger partial charge in [0, 0.05) is 16.8 Å². The van der Waals surface area contributed by atoms with E-state index in [1.54, 1.807) is 0 Å². The van der Waals surface area contributed by atoms with Crippen molar-refractivity contribution in [3.05, 3.63) is 46.1 Å². The Morgan fingerprint density at radius 3 is 2.57 bits per heavy atom. The number of hydrogen-bond donors (Lipinski definition) is 1. The number of benzene rings is 1. The molecule has 21 heavy (non-hydrogen) atoms. The van der Waals surface area contributed by atoms with Crippen molar-refractivity contribution in [1.29, 1.82) is 0 Å². The van der Waals surface area contributed by atoms with Crippen LogP contribution >= 0.6 is 22.9 Å². The van der Waals surface area contributed by atoms with E-state index in [9.17, 15) is 9.90 Å². The van der Waals surface area contributed by atoms with E-state index in [-0.39, 0.29) is 5.92 Å². The minimum absolute atomic E-state index is 0.108. The highest BCUT2D eigenvalue weighted by Gasteiger charge is 2.22. The summed E-state index contributed by atoms with van der Waals surface area (Å²) in [6, 6.07) is 7.44. The van der Waals surface area contributed by atoms with Crippen molar-refractivity contribution >= 4 is 33.9 Å². The van der Waals surface area contributed by atoms with Crippen molar-refractivity contribution in [3.63, 3.8) is 0 Å². The maximum absolute atomic E-state index is 11.3. The van der Waals surface area contributed by atoms with Crippen molar-refractivity contribution in [2.75, 3.05) is 0 Å². The second-order valence-electron chi connectivity index (χ2n) is 5.06. The maximum Gasteiger partial charge on any atom is 0.347 e. The van der Waals surface area contributed by atoms with Crippen LogP contribution in [-0.4, -0.2) is 20.5 Å². The quantitative estimate of drug-likeness (QED) is 0.771. The van der Waals surface area contributed by atoms with Crippen molar-refractivity contribution in [3.8, 4) is 11.3 Å². The third-order valence-corrected chi connectivity index (χ3v) is 4.55. The Morgan fingerprint density at radius 2 is 2.00 bits per heavy atom. The van der Waals surface area contributed by atoms with Crippen LogP contribution in [0.15, 0.2) is 30.5 Å². The lowest BCUT2D eigenvalue weighted by Gasteiger charge is -2.05. The molecule has 0 fully saturated rings. The minimum atomic E-state index is -0.901. The predicted molar refractivity (Wildman–Crippen MR) is 84.6 cm³/mol. The molecular formula is C15H13ClN2O2S. The number of carbonyl (C=O) groups is 1. The molecular weight excluding hydrogens is 308 g/mol. The second-order valence-corrected chi connectivity index (χ2v) is 6.48. The number of carboxylic acids is 1. The molecule has 4 nitrogen and oxygen atoms in total. The number of aromatic nitrogens is 2. The van der Waals surface area contributed by atoms with Gasteiger partial charge in [-0.25, -0.2) is 9.78 Å². The van der Waals surface area contributed by atoms with E-state index in [0.717, 1.165) is 17.0 Å². The Morgan fingerprint density at radius 1 is 1.33 bits per heavy atom. The summed E-state index contributed by atoms with van der Waals surface area (Å²) in [7, 11) is 0. The van der Waals surface area contributed by atoms with Crippen LogP contribution in [0.1, 0.15) is 35.1 Å². The maximum atomic E-state index is 11.3. The lowest BCUT2D eigenvalue weighted by Crippen LogP contribution is -2.02. The van der Waals surface area contributed by atoms with Crippen LogP contribution in [-0.2, 0) is 0 Å². The monoisotopic (exact) mass is 320 g/mol. The van der Waals surface area contributed by atoms with Gasteiger partial charge in [-0.1, -0.05) is 48.9 Å². The summed E-state index contributed by atoms with van der Waals surface area (Å²) in [5.74, 6) is -0.792. The first kappa shape index (κ1) is 14.1. The molecule has 1 aromatic carbocycles. The van der Waals surface area contributed by atoms with Crippen LogP contribution in [0.2, 0.25) is 5.02 Å². The van der Waals surface area contributed by atoms with Crippen molar-refractivity contribution < 1.29 is 9.90 Å². The molecule has 0 radical (unpaired) electrons. The third-order valence-electron chi connectivity index (χ3n) is 3.24. The Hall–Kier alpha value is -1.85. The third kappa shape index (κ3) is 2.43. The van der Waals surface area contributed by atoms with Crippen molar-refractivity contribution in [1.82, 2.24) is 9.38 Å². The lowest BCUT2D eigenvalue weighted by molar-refractivity contribution is 0.0700. The van der Waals surface area contributed by atoms with Gasteiger partial charge in [0.1, 0.15) is 4.88 Å². The molecule has 0 bridgehead atoms. The van der Waals surface area contributed by atoms with Gasteiger partial charge in [0.05, 0.1) is 11.4 Å². The normalized spacial score (nSPS) is 11.4. The number of aromatic carboxylic acids is 1. The summed E-state index contributed by atoms with van der Waals surface area (Å²) in [6.45, 7) is 3.96. The van der Waals surface area contributed by atoms with Gasteiger partial charge in [-0.3, -0.25) is 4.40 Å². The van der Waals surface area contributed by atoms with Crippen LogP contribution in [0.25, 0.3) is 16.2 Å². The van der Waals surface area contributed by atoms with Gasteiger partial charge in [-0.05, 0) is 18.1 Å². The average molecular weight is 321 g/mol. The molecule has 0 saturated carbocycles. The predicted octanol–water partition coefficient (Wildman–Crippen LogP) is 4.54. The van der Waals surface area contributed by atoms with Gasteiger partial charge < -0.3 is 5.11 Å². The van der Waals surface area contributed by atoms with Gasteiger partial charge in [-0.2, -0.15) is 0 Å². The number of rotatable bonds is 3. The summed E-state index contributed by atoms with van der Waals surface area (Å²) in [5, 5.41) is 9.98. The zero-order valence-electron chi connectivity index (χ0n) is 11.5. The molecule has 108 valence electrons. The standard InChI is InChI=1S/C15H13ClN2O2S/c1-8(2)12-13(14(19)20)21-15-17-11(7-18(12)15)9-3-5-10(16)6-4-9/h3-8H,1-2H3,(H,19,20). The molecule has 0 unspecified atom stereocenters. The molecule has 0 aliphatic heterocycles. The number of thiazole rings is 1. The molecule has 0 atom stereocenters. The van der Waals surface area contributed by atoms with Crippen LogP contribution in [0.5, 0.6) is 0 Å². The first-order chi connectivity index (χ1) is 9.97. The van der Waals surface area contributed by atoms with Crippen LogP contribution < -0.4 is 0 Å². The fraction of sp³-hybridized carbons (Fsp3) is 0.200. The minimum Gasteiger partial charge on any atom is -0.477 e. The number of fused-ring (bicyclic) bond motifs is 1. The van der Waals surface area contributed by atoms with E-state index in [4.69, 9.17) is 11.6 Å². The molecule has 0 saturated heterocycles. The van der Waals surface area contributed by atoms with E-state index in [0.29, 0.717) is 14.9 Å². The van der Waals surface area contributed by atoms with Gasteiger partial charge in [0.25, 0.3) is 0 Å². The molecule has 3 aromatic rings. The van der Waals surface area contributed by atoms with Crippen molar-refractivity contribution in [2.24, 2.45) is 0 Å². The summed E-state index contributed by atoms with van der Waals surface area (Å²) in [6.07, 6.45) is 1.89. The fourth-order valence-electron chi connectivity index (χ4n) is 2.31. The molecule has 0 amide bonds. The highest BCUT2D eigenvalue weighted by molar-refractivity contribution is 7.19. The van der Waals surface area contributed by atoms with E-state index in [1.807, 2.05) is 48.7 Å². The van der Waals surface area contributed by atoms with Crippen LogP contribution in [0.4, 0.5) is 0 Å². The fourth-order valence-corrected chi connectivity index (χ4v) is 3.54. The summed E-state index contributed by atoms with van der Waals surface area (Å²) < 4.78 is 1.88. The van der Waals surface area contributed by atoms with E-state index in [1.165, 1.54) is 11.3 Å². The Bertz CT molecular complexity index is 818. The lowest BCUT2D eigenvalue weighted by atomic mass is 10.1. The molecule has 0 aliphatic rings. The summed E-state index contributed by atoms with van der Waals surface area (Å²) in [4.78, 5) is 16.9. The number of halogens is 1. The van der Waals surface area contributed by atoms with E-state index < -0.39 is 5.97 Å². The van der Waals surface area contributed by atoms with Gasteiger partial charge in [0.2, 0.25) is 0 Å². The van der Waals surface area contributed by atoms with Gasteiger partial charge in [-0.15, -0.1) is 0 Å². The Kier molecular flexibility index (Phi) is 3.47. The Balaban J connectivity index is 2.17. The first-order valence-electron chi connectivity index (χ1n) is 6.48. The molecule has 0 spiro atoms. The van der Waals surface area contributed by atoms with Gasteiger partial charge in [0.15, 0.2) is 4.96 Å². The molecule has 2 heterocycles. The molecule has 0 aliphatic carbocycles. The van der Waals surface area contributed by atoms with Gasteiger partial charge >= 0.3 is 5.97 Å². The van der Waals surface area contributed by atoms with E-state index >= 15 is 0 Å². The summed E-state index contributed by atoms with van der Waals surface area (Å²) in [5.41, 5.74) is 2.56. The number of imidazole rings is 1. The highest BCUT2D eigenvalue weighted by Crippen LogP contribution is 2.31. The zero-order chi connectivity index (χ0) is 15.1. The SMILES string of the molecule is CC(C)c1c(C(=O)O)sc2nc(-c3ccc(Cl)cc3)cn12. The van der Waals surface area contributed by atoms with E-state index in [2.05, 4.69) is 4.98 Å². The van der Waals surface area contributed by atoms with Crippen LogP contribution in [0.3, 0.4) is 0 Å². The first-order valence-corrected chi connectivity index (χ1v) is 7.68. The molecule has 3 rings (SSSR count). The number of carboxylic acid groups (broad SMARTS) is 1. The molecule has 2 aromatic heterocycles. The van der Waals surface area contributed by atoms with Crippen LogP contribution in [0, 0.1) is 0 Å². The highest BCUT2D eigenvalue weighted by atomic mass is 35.5. The zero-order valence-corrected chi connectivity index (χ0v) is 13.1. The Labute approximate surface area is 130 Å².